The van der Waals surface area contributed by atoms with Crippen molar-refractivity contribution in [3.8, 4) is 11.4 Å². The van der Waals surface area contributed by atoms with Crippen LogP contribution in [0.4, 0.5) is 0 Å². The van der Waals surface area contributed by atoms with Gasteiger partial charge < -0.3 is 9.97 Å². The van der Waals surface area contributed by atoms with Crippen molar-refractivity contribution in [2.75, 3.05) is 0 Å². The predicted molar refractivity (Wildman–Crippen MR) is 101 cm³/mol. The quantitative estimate of drug-likeness (QED) is 0.691. The van der Waals surface area contributed by atoms with E-state index in [0.29, 0.717) is 6.04 Å². The van der Waals surface area contributed by atoms with Gasteiger partial charge in [0, 0.05) is 30.2 Å². The molecule has 1 fully saturated rings. The van der Waals surface area contributed by atoms with Crippen LogP contribution in [0.15, 0.2) is 29.5 Å². The molecular weight excluding hydrogens is 306 g/mol. The molecule has 0 amide bonds. The van der Waals surface area contributed by atoms with E-state index in [2.05, 4.69) is 35.2 Å². The number of aromatic nitrogens is 2. The van der Waals surface area contributed by atoms with E-state index in [4.69, 9.17) is 4.99 Å². The summed E-state index contributed by atoms with van der Waals surface area (Å²) in [6.45, 7) is 2.19. The Morgan fingerprint density at radius 3 is 2.39 bits per heavy atom. The van der Waals surface area contributed by atoms with Crippen molar-refractivity contribution < 1.29 is 0 Å². The third-order valence-electron chi connectivity index (χ3n) is 4.74. The highest BCUT2D eigenvalue weighted by molar-refractivity contribution is 5.89. The van der Waals surface area contributed by atoms with Gasteiger partial charge in [0.25, 0.3) is 0 Å². The van der Waals surface area contributed by atoms with Gasteiger partial charge in [0.1, 0.15) is 0 Å². The van der Waals surface area contributed by atoms with Crippen LogP contribution in [0.2, 0.25) is 0 Å². The average molecular weight is 334 g/mol. The third-order valence-corrected chi connectivity index (χ3v) is 4.74. The van der Waals surface area contributed by atoms with E-state index >= 15 is 0 Å². The van der Waals surface area contributed by atoms with Gasteiger partial charge in [0.2, 0.25) is 0 Å². The van der Waals surface area contributed by atoms with Crippen LogP contribution in [-0.4, -0.2) is 22.2 Å². The van der Waals surface area contributed by atoms with E-state index in [0.717, 1.165) is 12.1 Å². The first-order chi connectivity index (χ1) is 10.9. The number of halogens is 1. The lowest BCUT2D eigenvalue weighted by molar-refractivity contribution is 0.456. The molecule has 0 aromatic carbocycles. The second-order valence-corrected chi connectivity index (χ2v) is 6.32. The van der Waals surface area contributed by atoms with Gasteiger partial charge in [-0.15, -0.1) is 12.4 Å². The second-order valence-electron chi connectivity index (χ2n) is 6.32. The Labute approximate surface area is 145 Å². The summed E-state index contributed by atoms with van der Waals surface area (Å²) >= 11 is 0. The molecule has 2 N–H and O–H groups in total. The molecule has 3 nitrogen and oxygen atoms in total. The van der Waals surface area contributed by atoms with E-state index < -0.39 is 0 Å². The molecule has 3 rings (SSSR count). The second kappa shape index (κ2) is 8.97. The van der Waals surface area contributed by atoms with Crippen LogP contribution in [0.3, 0.4) is 0 Å². The van der Waals surface area contributed by atoms with Crippen LogP contribution < -0.4 is 0 Å². The van der Waals surface area contributed by atoms with Crippen LogP contribution >= 0.6 is 12.4 Å². The fourth-order valence-electron chi connectivity index (χ4n) is 3.40. The topological polar surface area (TPSA) is 43.9 Å². The smallest absolute Gasteiger partial charge is 0.0711 e. The van der Waals surface area contributed by atoms with Crippen LogP contribution in [0.5, 0.6) is 0 Å². The van der Waals surface area contributed by atoms with E-state index in [9.17, 15) is 0 Å². The Hall–Kier alpha value is -1.48. The largest absolute Gasteiger partial charge is 0.360 e. The summed E-state index contributed by atoms with van der Waals surface area (Å²) in [5.41, 5.74) is 4.91. The molecule has 23 heavy (non-hydrogen) atoms. The normalized spacial score (nSPS) is 16.9. The van der Waals surface area contributed by atoms with E-state index in [1.54, 1.807) is 0 Å². The molecule has 0 spiro atoms. The van der Waals surface area contributed by atoms with Gasteiger partial charge in [-0.1, -0.05) is 39.0 Å². The maximum atomic E-state index is 4.89. The van der Waals surface area contributed by atoms with Gasteiger partial charge in [-0.25, -0.2) is 0 Å². The number of rotatable bonds is 4. The van der Waals surface area contributed by atoms with Crippen LogP contribution in [0, 0.1) is 0 Å². The Morgan fingerprint density at radius 1 is 1.00 bits per heavy atom. The minimum absolute atomic E-state index is 0. The average Bonchev–Trinajstić information content (AvgIpc) is 3.14. The van der Waals surface area contributed by atoms with Crippen LogP contribution in [-0.2, 0) is 6.42 Å². The minimum Gasteiger partial charge on any atom is -0.360 e. The van der Waals surface area contributed by atoms with Gasteiger partial charge >= 0.3 is 0 Å². The number of H-pyrrole nitrogens is 2. The number of aromatic amines is 2. The van der Waals surface area contributed by atoms with E-state index in [1.165, 1.54) is 61.8 Å². The summed E-state index contributed by atoms with van der Waals surface area (Å²) < 4.78 is 0. The Bertz CT molecular complexity index is 604. The molecule has 0 saturated heterocycles. The maximum Gasteiger partial charge on any atom is 0.0711 e. The molecule has 0 atom stereocenters. The fraction of sp³-hybridized carbons (Fsp3) is 0.526. The van der Waals surface area contributed by atoms with Crippen molar-refractivity contribution in [2.45, 2.75) is 64.3 Å². The van der Waals surface area contributed by atoms with Crippen molar-refractivity contribution in [2.24, 2.45) is 4.99 Å². The Morgan fingerprint density at radius 2 is 1.65 bits per heavy atom. The lowest BCUT2D eigenvalue weighted by Gasteiger charge is -2.15. The molecule has 0 bridgehead atoms. The number of nitrogens with one attached hydrogen (secondary N) is 2. The lowest BCUT2D eigenvalue weighted by Crippen LogP contribution is -2.07. The first-order valence-electron chi connectivity index (χ1n) is 8.75. The minimum atomic E-state index is 0. The van der Waals surface area contributed by atoms with E-state index in [1.807, 2.05) is 12.4 Å². The molecular formula is C19H28ClN3. The molecule has 0 radical (unpaired) electrons. The molecule has 4 heteroatoms. The van der Waals surface area contributed by atoms with Gasteiger partial charge in [0.15, 0.2) is 0 Å². The van der Waals surface area contributed by atoms with Crippen molar-refractivity contribution in [1.82, 2.24) is 9.97 Å². The van der Waals surface area contributed by atoms with Crippen molar-refractivity contribution in [3.63, 3.8) is 0 Å². The van der Waals surface area contributed by atoms with Crippen molar-refractivity contribution in [1.29, 1.82) is 0 Å². The summed E-state index contributed by atoms with van der Waals surface area (Å²) in [5.74, 6) is 0. The summed E-state index contributed by atoms with van der Waals surface area (Å²) in [4.78, 5) is 11.6. The Kier molecular flexibility index (Phi) is 6.97. The summed E-state index contributed by atoms with van der Waals surface area (Å²) in [6, 6.07) is 4.80. The summed E-state index contributed by atoms with van der Waals surface area (Å²) in [6.07, 6.45) is 16.5. The number of hydrogen-bond acceptors (Lipinski definition) is 1. The van der Waals surface area contributed by atoms with E-state index in [-0.39, 0.29) is 12.4 Å². The summed E-state index contributed by atoms with van der Waals surface area (Å²) in [7, 11) is 0. The lowest BCUT2D eigenvalue weighted by atomic mass is 9.97. The predicted octanol–water partition coefficient (Wildman–Crippen LogP) is 5.53. The molecule has 2 heterocycles. The molecule has 1 aliphatic carbocycles. The van der Waals surface area contributed by atoms with Crippen molar-refractivity contribution >= 4 is 18.6 Å². The van der Waals surface area contributed by atoms with Gasteiger partial charge in [-0.2, -0.15) is 0 Å². The van der Waals surface area contributed by atoms with Crippen LogP contribution in [0.25, 0.3) is 11.4 Å². The van der Waals surface area contributed by atoms with Crippen LogP contribution in [0.1, 0.15) is 63.0 Å². The highest BCUT2D eigenvalue weighted by atomic mass is 35.5. The number of hydrogen-bond donors (Lipinski definition) is 2. The Balaban J connectivity index is 0.00000192. The number of aliphatic imine (C=N–C) groups is 1. The van der Waals surface area contributed by atoms with Gasteiger partial charge in [-0.05, 0) is 37.0 Å². The van der Waals surface area contributed by atoms with Gasteiger partial charge in [-0.3, -0.25) is 4.99 Å². The fourth-order valence-corrected chi connectivity index (χ4v) is 3.40. The molecule has 1 aliphatic rings. The molecule has 2 aromatic heterocycles. The van der Waals surface area contributed by atoms with Crippen molar-refractivity contribution in [3.05, 3.63) is 35.7 Å². The third kappa shape index (κ3) is 4.51. The first-order valence-corrected chi connectivity index (χ1v) is 8.75. The number of aryl methyl sites for hydroxylation is 1. The molecule has 0 aliphatic heterocycles. The van der Waals surface area contributed by atoms with Gasteiger partial charge in [0.05, 0.1) is 11.4 Å². The standard InChI is InChI=1S/C19H27N3.ClH/c1-2-15-10-12-20-18(15)19-16(11-13-21-19)14-22-17-8-6-4-3-5-7-9-17;/h10-14,17,20-21H,2-9H2,1H3;1H. The first kappa shape index (κ1) is 17.9. The molecule has 0 unspecified atom stereocenters. The molecule has 126 valence electrons. The highest BCUT2D eigenvalue weighted by Crippen LogP contribution is 2.25. The zero-order valence-corrected chi connectivity index (χ0v) is 14.8. The molecule has 1 saturated carbocycles. The zero-order valence-electron chi connectivity index (χ0n) is 14.0. The molecule has 2 aromatic rings. The highest BCUT2D eigenvalue weighted by Gasteiger charge is 2.12. The zero-order chi connectivity index (χ0) is 15.2. The monoisotopic (exact) mass is 333 g/mol. The SMILES string of the molecule is CCc1cc[nH]c1-c1[nH]ccc1C=NC1CCCCCCC1.Cl. The summed E-state index contributed by atoms with van der Waals surface area (Å²) in [5, 5.41) is 0. The maximum absolute atomic E-state index is 4.89. The number of nitrogens with zero attached hydrogens (tertiary/aromatic N) is 1.